The van der Waals surface area contributed by atoms with E-state index < -0.39 is 0 Å². The highest BCUT2D eigenvalue weighted by molar-refractivity contribution is 5.77. The van der Waals surface area contributed by atoms with Crippen LogP contribution in [0, 0.1) is 0 Å². The summed E-state index contributed by atoms with van der Waals surface area (Å²) in [5, 5.41) is 0. The van der Waals surface area contributed by atoms with Crippen molar-refractivity contribution in [2.24, 2.45) is 0 Å². The molecular formula is C20H26N2O3. The molecule has 1 saturated carbocycles. The van der Waals surface area contributed by atoms with Gasteiger partial charge in [0.2, 0.25) is 5.91 Å². The smallest absolute Gasteiger partial charge is 0.248 e. The van der Waals surface area contributed by atoms with E-state index in [4.69, 9.17) is 9.15 Å². The summed E-state index contributed by atoms with van der Waals surface area (Å²) in [5.74, 6) is 1.24. The van der Waals surface area contributed by atoms with Crippen LogP contribution in [-0.4, -0.2) is 41.6 Å². The van der Waals surface area contributed by atoms with Crippen molar-refractivity contribution in [2.45, 2.75) is 57.0 Å². The van der Waals surface area contributed by atoms with E-state index in [9.17, 15) is 4.79 Å². The van der Waals surface area contributed by atoms with Gasteiger partial charge in [-0.25, -0.2) is 4.98 Å². The minimum atomic E-state index is 0.126. The van der Waals surface area contributed by atoms with Crippen LogP contribution in [0.2, 0.25) is 0 Å². The highest BCUT2D eigenvalue weighted by Gasteiger charge is 2.27. The fourth-order valence-corrected chi connectivity index (χ4v) is 3.95. The Bertz CT molecular complexity index is 680. The molecule has 4 rings (SSSR count). The minimum Gasteiger partial charge on any atom is -0.440 e. The topological polar surface area (TPSA) is 55.6 Å². The molecule has 2 fully saturated rings. The van der Waals surface area contributed by atoms with Crippen LogP contribution < -0.4 is 0 Å². The number of hydrogen-bond acceptors (Lipinski definition) is 4. The van der Waals surface area contributed by atoms with Crippen molar-refractivity contribution in [3.8, 4) is 0 Å². The van der Waals surface area contributed by atoms with Gasteiger partial charge >= 0.3 is 0 Å². The van der Waals surface area contributed by atoms with Crippen LogP contribution in [0.5, 0.6) is 0 Å². The van der Waals surface area contributed by atoms with Crippen LogP contribution in [0.4, 0.5) is 0 Å². The number of aromatic nitrogens is 1. The maximum Gasteiger partial charge on any atom is 0.248 e. The molecule has 0 atom stereocenters. The van der Waals surface area contributed by atoms with E-state index in [1.54, 1.807) is 0 Å². The zero-order valence-corrected chi connectivity index (χ0v) is 14.7. The third-order valence-electron chi connectivity index (χ3n) is 5.50. The number of rotatable bonds is 4. The first-order chi connectivity index (χ1) is 12.3. The monoisotopic (exact) mass is 342 g/mol. The van der Waals surface area contributed by atoms with Gasteiger partial charge in [0.05, 0.1) is 6.10 Å². The molecule has 134 valence electrons. The Morgan fingerprint density at radius 2 is 1.88 bits per heavy atom. The van der Waals surface area contributed by atoms with Gasteiger partial charge in [-0.05, 0) is 37.8 Å². The predicted molar refractivity (Wildman–Crippen MR) is 95.4 cm³/mol. The summed E-state index contributed by atoms with van der Waals surface area (Å²) in [6, 6.07) is 7.86. The van der Waals surface area contributed by atoms with Crippen molar-refractivity contribution in [2.75, 3.05) is 19.7 Å². The van der Waals surface area contributed by atoms with Gasteiger partial charge in [0.1, 0.15) is 12.1 Å². The third kappa shape index (κ3) is 3.87. The molecular weight excluding hydrogens is 316 g/mol. The van der Waals surface area contributed by atoms with Crippen LogP contribution in [0.1, 0.15) is 56.8 Å². The molecule has 0 bridgehead atoms. The summed E-state index contributed by atoms with van der Waals surface area (Å²) in [6.07, 6.45) is 8.07. The van der Waals surface area contributed by atoms with E-state index in [2.05, 4.69) is 4.98 Å². The second-order valence-corrected chi connectivity index (χ2v) is 7.25. The van der Waals surface area contributed by atoms with Gasteiger partial charge in [0.15, 0.2) is 11.5 Å². The van der Waals surface area contributed by atoms with Crippen LogP contribution in [-0.2, 0) is 9.53 Å². The Labute approximate surface area is 148 Å². The Kier molecular flexibility index (Phi) is 5.02. The number of hydrogen-bond donors (Lipinski definition) is 0. The van der Waals surface area contributed by atoms with Crippen molar-refractivity contribution >= 4 is 17.0 Å². The average Bonchev–Trinajstić information content (AvgIpc) is 3.11. The maximum atomic E-state index is 12.4. The van der Waals surface area contributed by atoms with Gasteiger partial charge in [-0.15, -0.1) is 0 Å². The molecule has 1 amide bonds. The Morgan fingerprint density at radius 3 is 2.64 bits per heavy atom. The van der Waals surface area contributed by atoms with Crippen LogP contribution in [0.15, 0.2) is 28.7 Å². The first-order valence-corrected chi connectivity index (χ1v) is 9.54. The molecule has 1 aliphatic carbocycles. The number of fused-ring (bicyclic) bond motifs is 1. The summed E-state index contributed by atoms with van der Waals surface area (Å²) >= 11 is 0. The van der Waals surface area contributed by atoms with Crippen molar-refractivity contribution in [1.82, 2.24) is 9.88 Å². The number of nitrogens with zero attached hydrogens (tertiary/aromatic N) is 2. The van der Waals surface area contributed by atoms with Gasteiger partial charge < -0.3 is 14.1 Å². The second-order valence-electron chi connectivity index (χ2n) is 7.25. The minimum absolute atomic E-state index is 0.126. The SMILES string of the molecule is O=C(COC1CCCCC1)N1CCC(c2nc3ccccc3o2)CC1. The summed E-state index contributed by atoms with van der Waals surface area (Å²) in [4.78, 5) is 18.9. The molecule has 1 aliphatic heterocycles. The number of benzene rings is 1. The van der Waals surface area contributed by atoms with Crippen molar-refractivity contribution < 1.29 is 13.9 Å². The van der Waals surface area contributed by atoms with E-state index in [1.807, 2.05) is 29.2 Å². The molecule has 5 heteroatoms. The van der Waals surface area contributed by atoms with Crippen LogP contribution in [0.25, 0.3) is 11.1 Å². The van der Waals surface area contributed by atoms with E-state index in [0.29, 0.717) is 5.92 Å². The number of oxazole rings is 1. The molecule has 5 nitrogen and oxygen atoms in total. The Balaban J connectivity index is 1.28. The Morgan fingerprint density at radius 1 is 1.12 bits per heavy atom. The molecule has 2 heterocycles. The van der Waals surface area contributed by atoms with Crippen LogP contribution >= 0.6 is 0 Å². The van der Waals surface area contributed by atoms with Crippen molar-refractivity contribution in [3.63, 3.8) is 0 Å². The lowest BCUT2D eigenvalue weighted by molar-refractivity contribution is -0.140. The standard InChI is InChI=1S/C20H26N2O3/c23-19(14-24-16-6-2-1-3-7-16)22-12-10-15(11-13-22)20-21-17-8-4-5-9-18(17)25-20/h4-5,8-9,15-16H,1-3,6-7,10-14H2. The maximum absolute atomic E-state index is 12.4. The molecule has 1 saturated heterocycles. The van der Waals surface area contributed by atoms with Gasteiger partial charge in [-0.2, -0.15) is 0 Å². The highest BCUT2D eigenvalue weighted by Crippen LogP contribution is 2.30. The highest BCUT2D eigenvalue weighted by atomic mass is 16.5. The molecule has 2 aliphatic rings. The fraction of sp³-hybridized carbons (Fsp3) is 0.600. The average molecular weight is 342 g/mol. The quantitative estimate of drug-likeness (QED) is 0.846. The molecule has 0 spiro atoms. The van der Waals surface area contributed by atoms with Crippen molar-refractivity contribution in [1.29, 1.82) is 0 Å². The molecule has 0 unspecified atom stereocenters. The van der Waals surface area contributed by atoms with Crippen molar-refractivity contribution in [3.05, 3.63) is 30.2 Å². The molecule has 1 aromatic heterocycles. The normalized spacial score (nSPS) is 20.2. The van der Waals surface area contributed by atoms with Crippen LogP contribution in [0.3, 0.4) is 0 Å². The molecule has 25 heavy (non-hydrogen) atoms. The lowest BCUT2D eigenvalue weighted by Gasteiger charge is -2.31. The molecule has 2 aromatic rings. The molecule has 1 aromatic carbocycles. The van der Waals surface area contributed by atoms with E-state index in [-0.39, 0.29) is 18.6 Å². The molecule has 0 N–H and O–H groups in total. The number of para-hydroxylation sites is 2. The predicted octanol–water partition coefficient (Wildman–Crippen LogP) is 3.88. The van der Waals surface area contributed by atoms with E-state index in [1.165, 1.54) is 19.3 Å². The number of piperidine rings is 1. The lowest BCUT2D eigenvalue weighted by atomic mass is 9.96. The fourth-order valence-electron chi connectivity index (χ4n) is 3.95. The number of ether oxygens (including phenoxy) is 1. The van der Waals surface area contributed by atoms with Gasteiger partial charge in [-0.1, -0.05) is 31.4 Å². The number of amides is 1. The molecule has 0 radical (unpaired) electrons. The van der Waals surface area contributed by atoms with Gasteiger partial charge in [-0.3, -0.25) is 4.79 Å². The number of carbonyl (C=O) groups excluding carboxylic acids is 1. The summed E-state index contributed by atoms with van der Waals surface area (Å²) in [7, 11) is 0. The zero-order chi connectivity index (χ0) is 17.1. The van der Waals surface area contributed by atoms with E-state index >= 15 is 0 Å². The summed E-state index contributed by atoms with van der Waals surface area (Å²) in [5.41, 5.74) is 1.76. The van der Waals surface area contributed by atoms with Gasteiger partial charge in [0.25, 0.3) is 0 Å². The Hall–Kier alpha value is -1.88. The largest absolute Gasteiger partial charge is 0.440 e. The lowest BCUT2D eigenvalue weighted by Crippen LogP contribution is -2.40. The number of likely N-dealkylation sites (tertiary alicyclic amines) is 1. The first kappa shape index (κ1) is 16.6. The second kappa shape index (κ2) is 7.56. The van der Waals surface area contributed by atoms with E-state index in [0.717, 1.165) is 55.8 Å². The first-order valence-electron chi connectivity index (χ1n) is 9.54. The van der Waals surface area contributed by atoms with Gasteiger partial charge in [0, 0.05) is 19.0 Å². The zero-order valence-electron chi connectivity index (χ0n) is 14.7. The summed E-state index contributed by atoms with van der Waals surface area (Å²) < 4.78 is 11.7. The number of carbonyl (C=O) groups is 1. The summed E-state index contributed by atoms with van der Waals surface area (Å²) in [6.45, 7) is 1.75. The third-order valence-corrected chi connectivity index (χ3v) is 5.50.